The molecule has 1 aromatic carbocycles. The van der Waals surface area contributed by atoms with Crippen molar-refractivity contribution in [3.63, 3.8) is 0 Å². The van der Waals surface area contributed by atoms with Crippen LogP contribution in [0.3, 0.4) is 0 Å². The van der Waals surface area contributed by atoms with Gasteiger partial charge in [-0.25, -0.2) is 19.0 Å². The molecule has 0 aliphatic carbocycles. The zero-order valence-corrected chi connectivity index (χ0v) is 16.6. The summed E-state index contributed by atoms with van der Waals surface area (Å²) in [5.41, 5.74) is 15.1. The molecule has 2 heterocycles. The van der Waals surface area contributed by atoms with Gasteiger partial charge in [0.15, 0.2) is 29.0 Å². The molecule has 0 bridgehead atoms. The predicted octanol–water partition coefficient (Wildman–Crippen LogP) is 3.26. The third kappa shape index (κ3) is 3.91. The fourth-order valence-electron chi connectivity index (χ4n) is 2.83. The van der Waals surface area contributed by atoms with Gasteiger partial charge in [0.1, 0.15) is 6.23 Å². The van der Waals surface area contributed by atoms with Gasteiger partial charge in [0.05, 0.1) is 11.0 Å². The van der Waals surface area contributed by atoms with E-state index in [1.165, 1.54) is 9.65 Å². The topological polar surface area (TPSA) is 117 Å². The maximum atomic E-state index is 6.50. The minimum absolute atomic E-state index is 0.155. The number of rotatable bonds is 6. The van der Waals surface area contributed by atoms with Crippen LogP contribution < -0.4 is 16.8 Å². The first-order chi connectivity index (χ1) is 12.8. The Labute approximate surface area is 163 Å². The molecule has 144 valence electrons. The average Bonchev–Trinajstić information content (AvgIpc) is 2.92. The molecular weight excluding hydrogens is 366 g/mol. The monoisotopic (exact) mass is 389 g/mol. The van der Waals surface area contributed by atoms with E-state index in [-0.39, 0.29) is 17.9 Å². The molecule has 1 atom stereocenters. The summed E-state index contributed by atoms with van der Waals surface area (Å²) in [6.07, 6.45) is 0.666. The van der Waals surface area contributed by atoms with E-state index in [2.05, 4.69) is 40.2 Å². The standard InChI is InChI=1S/C18H24ClN7O/c1-9(2)7-11-5-6-13-12(8-11)23-18(26(13)19)14-15(20)25-16(21)17(24-14)22-10(3)27-4/h5-6,8-10H,7H2,1-4H3,(H,22,24)(H4,20,21,25). The molecule has 27 heavy (non-hydrogen) atoms. The van der Waals surface area contributed by atoms with Gasteiger partial charge >= 0.3 is 0 Å². The molecule has 0 saturated carbocycles. The fourth-order valence-corrected chi connectivity index (χ4v) is 3.09. The summed E-state index contributed by atoms with van der Waals surface area (Å²) in [6, 6.07) is 6.03. The smallest absolute Gasteiger partial charge is 0.178 e. The lowest BCUT2D eigenvalue weighted by Crippen LogP contribution is -2.20. The van der Waals surface area contributed by atoms with E-state index in [1.54, 1.807) is 7.11 Å². The number of nitrogens with one attached hydrogen (secondary N) is 1. The van der Waals surface area contributed by atoms with Crippen LogP contribution in [0.15, 0.2) is 18.2 Å². The van der Waals surface area contributed by atoms with Crippen LogP contribution >= 0.6 is 11.8 Å². The predicted molar refractivity (Wildman–Crippen MR) is 109 cm³/mol. The van der Waals surface area contributed by atoms with Gasteiger partial charge in [0.2, 0.25) is 0 Å². The number of imidazole rings is 1. The molecule has 0 spiro atoms. The van der Waals surface area contributed by atoms with Gasteiger partial charge in [-0.15, -0.1) is 0 Å². The lowest BCUT2D eigenvalue weighted by Gasteiger charge is -2.15. The Morgan fingerprint density at radius 3 is 2.56 bits per heavy atom. The number of anilines is 3. The van der Waals surface area contributed by atoms with E-state index >= 15 is 0 Å². The number of hydrogen-bond donors (Lipinski definition) is 3. The van der Waals surface area contributed by atoms with E-state index in [9.17, 15) is 0 Å². The maximum Gasteiger partial charge on any atom is 0.178 e. The normalized spacial score (nSPS) is 12.7. The second-order valence-electron chi connectivity index (χ2n) is 6.85. The van der Waals surface area contributed by atoms with E-state index in [1.807, 2.05) is 19.1 Å². The Balaban J connectivity index is 2.08. The second-order valence-corrected chi connectivity index (χ2v) is 7.19. The van der Waals surface area contributed by atoms with Crippen LogP contribution in [0.4, 0.5) is 17.5 Å². The van der Waals surface area contributed by atoms with Gasteiger partial charge in [0.25, 0.3) is 0 Å². The van der Waals surface area contributed by atoms with Gasteiger partial charge in [-0.3, -0.25) is 0 Å². The van der Waals surface area contributed by atoms with Crippen LogP contribution in [-0.2, 0) is 11.2 Å². The lowest BCUT2D eigenvalue weighted by atomic mass is 10.0. The number of nitrogen functional groups attached to an aromatic ring is 2. The minimum atomic E-state index is -0.300. The number of benzene rings is 1. The van der Waals surface area contributed by atoms with Crippen LogP contribution in [0.1, 0.15) is 26.3 Å². The molecule has 5 N–H and O–H groups in total. The highest BCUT2D eigenvalue weighted by atomic mass is 35.5. The molecule has 0 amide bonds. The molecule has 0 aliphatic rings. The van der Waals surface area contributed by atoms with E-state index in [0.717, 1.165) is 17.5 Å². The van der Waals surface area contributed by atoms with Gasteiger partial charge in [-0.1, -0.05) is 19.9 Å². The second kappa shape index (κ2) is 7.58. The SMILES string of the molecule is COC(C)Nc1nc(-c2nc3cc(CC(C)C)ccc3n2Cl)c(N)nc1N. The van der Waals surface area contributed by atoms with E-state index in [0.29, 0.717) is 23.3 Å². The largest absolute Gasteiger partial charge is 0.382 e. The number of aromatic nitrogens is 4. The summed E-state index contributed by atoms with van der Waals surface area (Å²) in [5, 5.41) is 3.02. The van der Waals surface area contributed by atoms with Crippen molar-refractivity contribution in [3.05, 3.63) is 23.8 Å². The number of halogens is 1. The van der Waals surface area contributed by atoms with E-state index < -0.39 is 0 Å². The van der Waals surface area contributed by atoms with Gasteiger partial charge in [0, 0.05) is 18.9 Å². The van der Waals surface area contributed by atoms with Crippen molar-refractivity contribution in [1.82, 2.24) is 19.0 Å². The highest BCUT2D eigenvalue weighted by Gasteiger charge is 2.19. The summed E-state index contributed by atoms with van der Waals surface area (Å²) in [7, 11) is 1.58. The first-order valence-electron chi connectivity index (χ1n) is 8.70. The van der Waals surface area contributed by atoms with Gasteiger partial charge in [-0.05, 0) is 37.0 Å². The molecule has 0 aliphatic heterocycles. The molecule has 9 heteroatoms. The van der Waals surface area contributed by atoms with Crippen molar-refractivity contribution in [2.75, 3.05) is 23.9 Å². The fraction of sp³-hybridized carbons (Fsp3) is 0.389. The Morgan fingerprint density at radius 1 is 1.15 bits per heavy atom. The van der Waals surface area contributed by atoms with Crippen molar-refractivity contribution >= 4 is 40.3 Å². The molecule has 0 radical (unpaired) electrons. The molecule has 3 rings (SSSR count). The Bertz CT molecular complexity index is 970. The number of fused-ring (bicyclic) bond motifs is 1. The molecule has 3 aromatic rings. The van der Waals surface area contributed by atoms with E-state index in [4.69, 9.17) is 28.0 Å². The Morgan fingerprint density at radius 2 is 1.89 bits per heavy atom. The highest BCUT2D eigenvalue weighted by Crippen LogP contribution is 2.31. The number of methoxy groups -OCH3 is 1. The molecule has 1 unspecified atom stereocenters. The summed E-state index contributed by atoms with van der Waals surface area (Å²) < 4.78 is 6.63. The Hall–Kier alpha value is -2.58. The summed E-state index contributed by atoms with van der Waals surface area (Å²) in [6.45, 7) is 6.18. The van der Waals surface area contributed by atoms with Crippen molar-refractivity contribution in [2.24, 2.45) is 5.92 Å². The van der Waals surface area contributed by atoms with Crippen LogP contribution in [0.5, 0.6) is 0 Å². The highest BCUT2D eigenvalue weighted by molar-refractivity contribution is 6.20. The van der Waals surface area contributed by atoms with Gasteiger partial charge in [-0.2, -0.15) is 0 Å². The van der Waals surface area contributed by atoms with Crippen molar-refractivity contribution in [1.29, 1.82) is 0 Å². The van der Waals surface area contributed by atoms with Gasteiger partial charge < -0.3 is 21.5 Å². The zero-order chi connectivity index (χ0) is 19.7. The van der Waals surface area contributed by atoms with Crippen LogP contribution in [-0.4, -0.2) is 32.4 Å². The zero-order valence-electron chi connectivity index (χ0n) is 15.8. The van der Waals surface area contributed by atoms with Crippen LogP contribution in [0.25, 0.3) is 22.6 Å². The Kier molecular flexibility index (Phi) is 5.38. The van der Waals surface area contributed by atoms with Crippen LogP contribution in [0.2, 0.25) is 0 Å². The molecule has 2 aromatic heterocycles. The number of hydrogen-bond acceptors (Lipinski definition) is 7. The summed E-state index contributed by atoms with van der Waals surface area (Å²) >= 11 is 6.50. The maximum absolute atomic E-state index is 6.50. The van der Waals surface area contributed by atoms with Crippen molar-refractivity contribution < 1.29 is 4.74 Å². The van der Waals surface area contributed by atoms with Crippen LogP contribution in [0, 0.1) is 5.92 Å². The number of nitrogens with two attached hydrogens (primary N) is 2. The molecular formula is C18H24ClN7O. The lowest BCUT2D eigenvalue weighted by molar-refractivity contribution is 0.141. The molecule has 8 nitrogen and oxygen atoms in total. The first-order valence-corrected chi connectivity index (χ1v) is 9.04. The third-order valence-corrected chi connectivity index (χ3v) is 4.50. The molecule has 0 saturated heterocycles. The summed E-state index contributed by atoms with van der Waals surface area (Å²) in [5.74, 6) is 1.65. The summed E-state index contributed by atoms with van der Waals surface area (Å²) in [4.78, 5) is 13.3. The average molecular weight is 390 g/mol. The number of nitrogens with zero attached hydrogens (tertiary/aromatic N) is 4. The minimum Gasteiger partial charge on any atom is -0.382 e. The number of ether oxygens (including phenoxy) is 1. The quantitative estimate of drug-likeness (QED) is 0.554. The third-order valence-electron chi connectivity index (χ3n) is 4.16. The van der Waals surface area contributed by atoms with Crippen molar-refractivity contribution in [2.45, 2.75) is 33.4 Å². The first kappa shape index (κ1) is 19.2. The molecule has 0 fully saturated rings. The van der Waals surface area contributed by atoms with Crippen molar-refractivity contribution in [3.8, 4) is 11.5 Å².